The van der Waals surface area contributed by atoms with Gasteiger partial charge in [-0.1, -0.05) is 6.92 Å². The van der Waals surface area contributed by atoms with Gasteiger partial charge in [-0.25, -0.2) is 9.97 Å². The molecule has 0 atom stereocenters. The molecule has 0 amide bonds. The van der Waals surface area contributed by atoms with Crippen LogP contribution in [0.1, 0.15) is 12.7 Å². The van der Waals surface area contributed by atoms with Crippen molar-refractivity contribution in [2.24, 2.45) is 0 Å². The zero-order valence-corrected chi connectivity index (χ0v) is 9.62. The second kappa shape index (κ2) is 3.72. The van der Waals surface area contributed by atoms with E-state index in [2.05, 4.69) is 16.9 Å². The number of nitrogens with zero attached hydrogens (tertiary/aromatic N) is 2. The Kier molecular flexibility index (Phi) is 2.22. The molecule has 0 spiro atoms. The van der Waals surface area contributed by atoms with Gasteiger partial charge < -0.3 is 4.42 Å². The number of furan rings is 1. The van der Waals surface area contributed by atoms with Gasteiger partial charge in [0, 0.05) is 12.0 Å². The number of aromatic nitrogens is 2. The summed E-state index contributed by atoms with van der Waals surface area (Å²) in [5.74, 6) is 0.877. The average Bonchev–Trinajstić information content (AvgIpc) is 2.98. The van der Waals surface area contributed by atoms with Crippen LogP contribution in [0.3, 0.4) is 0 Å². The average molecular weight is 230 g/mol. The Morgan fingerprint density at radius 2 is 2.25 bits per heavy atom. The van der Waals surface area contributed by atoms with E-state index in [4.69, 9.17) is 4.42 Å². The third-order valence-corrected chi connectivity index (χ3v) is 3.37. The number of rotatable bonds is 2. The van der Waals surface area contributed by atoms with Gasteiger partial charge in [0.05, 0.1) is 28.4 Å². The first-order chi connectivity index (χ1) is 7.88. The Balaban J connectivity index is 2.33. The summed E-state index contributed by atoms with van der Waals surface area (Å²) < 4.78 is 6.24. The van der Waals surface area contributed by atoms with Crippen molar-refractivity contribution in [1.29, 1.82) is 0 Å². The monoisotopic (exact) mass is 230 g/mol. The van der Waals surface area contributed by atoms with Gasteiger partial charge in [-0.15, -0.1) is 11.3 Å². The molecule has 0 unspecified atom stereocenters. The molecule has 0 aliphatic rings. The minimum atomic E-state index is 0.844. The Hall–Kier alpha value is -1.68. The largest absolute Gasteiger partial charge is 0.472 e. The van der Waals surface area contributed by atoms with Crippen molar-refractivity contribution >= 4 is 21.6 Å². The Bertz CT molecular complexity index is 613. The topological polar surface area (TPSA) is 38.9 Å². The number of hydrogen-bond donors (Lipinski definition) is 0. The summed E-state index contributed by atoms with van der Waals surface area (Å²) in [5.41, 5.74) is 3.02. The van der Waals surface area contributed by atoms with Crippen molar-refractivity contribution in [3.63, 3.8) is 0 Å². The highest BCUT2D eigenvalue weighted by atomic mass is 32.1. The Labute approximate surface area is 96.8 Å². The normalized spacial score (nSPS) is 11.1. The first kappa shape index (κ1) is 9.54. The van der Waals surface area contributed by atoms with Crippen LogP contribution in [0.5, 0.6) is 0 Å². The van der Waals surface area contributed by atoms with Crippen LogP contribution in [0.2, 0.25) is 0 Å². The minimum absolute atomic E-state index is 0.844. The number of hydrogen-bond acceptors (Lipinski definition) is 4. The van der Waals surface area contributed by atoms with E-state index in [0.29, 0.717) is 0 Å². The molecule has 0 saturated carbocycles. The summed E-state index contributed by atoms with van der Waals surface area (Å²) >= 11 is 1.66. The lowest BCUT2D eigenvalue weighted by Crippen LogP contribution is -1.94. The van der Waals surface area contributed by atoms with Crippen LogP contribution in [-0.4, -0.2) is 9.97 Å². The smallest absolute Gasteiger partial charge is 0.129 e. The molecule has 0 saturated heterocycles. The van der Waals surface area contributed by atoms with E-state index in [1.54, 1.807) is 23.9 Å². The molecule has 4 heteroatoms. The van der Waals surface area contributed by atoms with Gasteiger partial charge in [0.15, 0.2) is 0 Å². The van der Waals surface area contributed by atoms with Gasteiger partial charge in [0.25, 0.3) is 0 Å². The van der Waals surface area contributed by atoms with Gasteiger partial charge in [-0.2, -0.15) is 0 Å². The first-order valence-corrected chi connectivity index (χ1v) is 6.03. The maximum atomic E-state index is 5.11. The molecule has 0 N–H and O–H groups in total. The SMILES string of the molecule is CCc1nc(-c2ccoc2)c2sccc2n1. The van der Waals surface area contributed by atoms with E-state index in [1.807, 2.05) is 17.5 Å². The van der Waals surface area contributed by atoms with Gasteiger partial charge in [-0.05, 0) is 17.5 Å². The van der Waals surface area contributed by atoms with Crippen LogP contribution in [0.4, 0.5) is 0 Å². The van der Waals surface area contributed by atoms with Crippen LogP contribution in [0.15, 0.2) is 34.5 Å². The van der Waals surface area contributed by atoms with Crippen LogP contribution in [-0.2, 0) is 6.42 Å². The summed E-state index contributed by atoms with van der Waals surface area (Å²) in [6.45, 7) is 2.06. The minimum Gasteiger partial charge on any atom is -0.472 e. The van der Waals surface area contributed by atoms with Crippen molar-refractivity contribution < 1.29 is 4.42 Å². The number of aryl methyl sites for hydroxylation is 1. The molecule has 3 aromatic heterocycles. The maximum absolute atomic E-state index is 5.11. The van der Waals surface area contributed by atoms with Gasteiger partial charge in [-0.3, -0.25) is 0 Å². The van der Waals surface area contributed by atoms with Crippen molar-refractivity contribution in [2.75, 3.05) is 0 Å². The van der Waals surface area contributed by atoms with Crippen LogP contribution in [0, 0.1) is 0 Å². The van der Waals surface area contributed by atoms with E-state index in [9.17, 15) is 0 Å². The van der Waals surface area contributed by atoms with Gasteiger partial charge >= 0.3 is 0 Å². The fourth-order valence-corrected chi connectivity index (χ4v) is 2.51. The molecule has 16 heavy (non-hydrogen) atoms. The highest BCUT2D eigenvalue weighted by Crippen LogP contribution is 2.30. The van der Waals surface area contributed by atoms with Gasteiger partial charge in [0.2, 0.25) is 0 Å². The molecule has 3 heterocycles. The maximum Gasteiger partial charge on any atom is 0.129 e. The summed E-state index contributed by atoms with van der Waals surface area (Å²) in [5, 5.41) is 2.04. The lowest BCUT2D eigenvalue weighted by Gasteiger charge is -2.01. The van der Waals surface area contributed by atoms with Crippen molar-refractivity contribution in [2.45, 2.75) is 13.3 Å². The number of thiophene rings is 1. The Morgan fingerprint density at radius 1 is 1.31 bits per heavy atom. The molecular weight excluding hydrogens is 220 g/mol. The predicted molar refractivity (Wildman–Crippen MR) is 64.5 cm³/mol. The van der Waals surface area contributed by atoms with Crippen molar-refractivity contribution in [3.8, 4) is 11.3 Å². The molecule has 0 aromatic carbocycles. The molecule has 3 rings (SSSR count). The van der Waals surface area contributed by atoms with E-state index >= 15 is 0 Å². The van der Waals surface area contributed by atoms with E-state index in [1.165, 1.54) is 0 Å². The highest BCUT2D eigenvalue weighted by Gasteiger charge is 2.10. The van der Waals surface area contributed by atoms with Crippen molar-refractivity contribution in [1.82, 2.24) is 9.97 Å². The third kappa shape index (κ3) is 1.42. The molecular formula is C12H10N2OS. The van der Waals surface area contributed by atoms with E-state index in [-0.39, 0.29) is 0 Å². The van der Waals surface area contributed by atoms with Crippen LogP contribution < -0.4 is 0 Å². The van der Waals surface area contributed by atoms with Gasteiger partial charge in [0.1, 0.15) is 5.82 Å². The number of fused-ring (bicyclic) bond motifs is 1. The zero-order chi connectivity index (χ0) is 11.0. The molecule has 0 fully saturated rings. The van der Waals surface area contributed by atoms with E-state index in [0.717, 1.165) is 33.7 Å². The molecule has 0 bridgehead atoms. The highest BCUT2D eigenvalue weighted by molar-refractivity contribution is 7.17. The molecule has 0 radical (unpaired) electrons. The molecule has 3 aromatic rings. The summed E-state index contributed by atoms with van der Waals surface area (Å²) in [7, 11) is 0. The third-order valence-electron chi connectivity index (χ3n) is 2.46. The Morgan fingerprint density at radius 3 is 3.00 bits per heavy atom. The first-order valence-electron chi connectivity index (χ1n) is 5.15. The summed E-state index contributed by atoms with van der Waals surface area (Å²) in [6.07, 6.45) is 4.24. The quantitative estimate of drug-likeness (QED) is 0.676. The van der Waals surface area contributed by atoms with E-state index < -0.39 is 0 Å². The van der Waals surface area contributed by atoms with Crippen molar-refractivity contribution in [3.05, 3.63) is 35.9 Å². The fraction of sp³-hybridized carbons (Fsp3) is 0.167. The van der Waals surface area contributed by atoms with Crippen LogP contribution >= 0.6 is 11.3 Å². The molecule has 0 aliphatic heterocycles. The zero-order valence-electron chi connectivity index (χ0n) is 8.80. The molecule has 3 nitrogen and oxygen atoms in total. The van der Waals surface area contributed by atoms with Crippen LogP contribution in [0.25, 0.3) is 21.5 Å². The molecule has 80 valence electrons. The summed E-state index contributed by atoms with van der Waals surface area (Å²) in [4.78, 5) is 9.07. The second-order valence-corrected chi connectivity index (χ2v) is 4.41. The molecule has 0 aliphatic carbocycles. The fourth-order valence-electron chi connectivity index (χ4n) is 1.66. The lowest BCUT2D eigenvalue weighted by atomic mass is 10.2. The predicted octanol–water partition coefficient (Wildman–Crippen LogP) is 3.51. The second-order valence-electron chi connectivity index (χ2n) is 3.49. The standard InChI is InChI=1S/C12H10N2OS/c1-2-10-13-9-4-6-16-12(9)11(14-10)8-3-5-15-7-8/h3-7H,2H2,1H3. The lowest BCUT2D eigenvalue weighted by molar-refractivity contribution is 0.568. The summed E-state index contributed by atoms with van der Waals surface area (Å²) in [6, 6.07) is 3.96.